The Morgan fingerprint density at radius 3 is 2.64 bits per heavy atom. The molecule has 1 N–H and O–H groups in total. The summed E-state index contributed by atoms with van der Waals surface area (Å²) in [5.74, 6) is -1.89. The number of benzene rings is 1. The van der Waals surface area contributed by atoms with Crippen molar-refractivity contribution in [2.75, 3.05) is 0 Å². The van der Waals surface area contributed by atoms with E-state index in [0.29, 0.717) is 11.4 Å². The minimum Gasteiger partial charge on any atom is -0.470 e. The van der Waals surface area contributed by atoms with Crippen LogP contribution in [-0.4, -0.2) is 26.3 Å². The Balaban J connectivity index is 2.00. The molecule has 0 saturated carbocycles. The van der Waals surface area contributed by atoms with Gasteiger partial charge in [-0.2, -0.15) is 5.26 Å². The van der Waals surface area contributed by atoms with Gasteiger partial charge in [0.2, 0.25) is 5.65 Å². The van der Waals surface area contributed by atoms with E-state index >= 15 is 0 Å². The number of imidazole rings is 1. The zero-order valence-electron chi connectivity index (χ0n) is 15.5. The van der Waals surface area contributed by atoms with Gasteiger partial charge in [0.25, 0.3) is 11.8 Å². The maximum absolute atomic E-state index is 13.8. The molecule has 3 aromatic rings. The summed E-state index contributed by atoms with van der Waals surface area (Å²) in [6.07, 6.45) is 1.60. The third kappa shape index (κ3) is 3.62. The van der Waals surface area contributed by atoms with Crippen LogP contribution >= 0.6 is 0 Å². The molecular formula is C19H17F2N5O2. The van der Waals surface area contributed by atoms with E-state index in [4.69, 9.17) is 10.00 Å². The number of ether oxygens (including phenoxy) is 1. The summed E-state index contributed by atoms with van der Waals surface area (Å²) in [5, 5.41) is 11.5. The lowest BCUT2D eigenvalue weighted by molar-refractivity contribution is 0.0941. The minimum atomic E-state index is -0.728. The van der Waals surface area contributed by atoms with Crippen molar-refractivity contribution in [1.82, 2.24) is 19.7 Å². The Morgan fingerprint density at radius 1 is 1.32 bits per heavy atom. The van der Waals surface area contributed by atoms with Gasteiger partial charge < -0.3 is 10.1 Å². The molecule has 9 heteroatoms. The number of aryl methyl sites for hydroxylation is 2. The molecular weight excluding hydrogens is 368 g/mol. The molecule has 7 nitrogen and oxygen atoms in total. The highest BCUT2D eigenvalue weighted by Gasteiger charge is 2.22. The van der Waals surface area contributed by atoms with Gasteiger partial charge in [0.1, 0.15) is 30.0 Å². The quantitative estimate of drug-likeness (QED) is 0.729. The average Bonchev–Trinajstić information content (AvgIpc) is 2.96. The molecule has 0 spiro atoms. The van der Waals surface area contributed by atoms with E-state index in [2.05, 4.69) is 15.3 Å². The molecule has 0 saturated heterocycles. The van der Waals surface area contributed by atoms with E-state index in [1.165, 1.54) is 10.5 Å². The SMILES string of the molecule is Cc1cn2c(C(=O)NC(C)C#N)c(C)nc2c(OCc2c(F)cccc2F)n1. The number of nitrogens with one attached hydrogen (secondary N) is 1. The van der Waals surface area contributed by atoms with Gasteiger partial charge in [-0.15, -0.1) is 0 Å². The van der Waals surface area contributed by atoms with Crippen molar-refractivity contribution in [2.45, 2.75) is 33.4 Å². The number of carbonyl (C=O) groups excluding carboxylic acids is 1. The Hall–Kier alpha value is -3.54. The van der Waals surface area contributed by atoms with Crippen LogP contribution in [0, 0.1) is 36.8 Å². The van der Waals surface area contributed by atoms with E-state index < -0.39 is 23.6 Å². The third-order valence-corrected chi connectivity index (χ3v) is 4.04. The fraction of sp³-hybridized carbons (Fsp3) is 0.263. The first-order chi connectivity index (χ1) is 13.3. The Bertz CT molecular complexity index is 1080. The highest BCUT2D eigenvalue weighted by molar-refractivity contribution is 5.95. The topological polar surface area (TPSA) is 92.3 Å². The predicted octanol–water partition coefficient (Wildman–Crippen LogP) is 2.85. The van der Waals surface area contributed by atoms with Gasteiger partial charge >= 0.3 is 0 Å². The van der Waals surface area contributed by atoms with Crippen molar-refractivity contribution in [3.05, 3.63) is 58.7 Å². The first-order valence-electron chi connectivity index (χ1n) is 8.44. The van der Waals surface area contributed by atoms with Crippen LogP contribution < -0.4 is 10.1 Å². The molecule has 1 atom stereocenters. The lowest BCUT2D eigenvalue weighted by Gasteiger charge is -2.10. The summed E-state index contributed by atoms with van der Waals surface area (Å²) in [6.45, 7) is 4.49. The van der Waals surface area contributed by atoms with E-state index in [-0.39, 0.29) is 29.4 Å². The van der Waals surface area contributed by atoms with Crippen molar-refractivity contribution in [2.24, 2.45) is 0 Å². The Labute approximate surface area is 159 Å². The van der Waals surface area contributed by atoms with Gasteiger partial charge in [0, 0.05) is 6.20 Å². The van der Waals surface area contributed by atoms with Crippen molar-refractivity contribution >= 4 is 11.6 Å². The van der Waals surface area contributed by atoms with Crippen molar-refractivity contribution in [3.8, 4) is 11.9 Å². The second-order valence-corrected chi connectivity index (χ2v) is 6.24. The number of amides is 1. The normalized spacial score (nSPS) is 11.9. The molecule has 2 heterocycles. The van der Waals surface area contributed by atoms with Gasteiger partial charge in [-0.3, -0.25) is 9.20 Å². The standard InChI is InChI=1S/C19H17F2N5O2/c1-10(7-22)23-18(27)16-12(3)25-17-19(24-11(2)8-26(16)17)28-9-13-14(20)5-4-6-15(13)21/h4-6,8,10H,9H2,1-3H3,(H,23,27). The van der Waals surface area contributed by atoms with Crippen LogP contribution in [-0.2, 0) is 6.61 Å². The molecule has 1 aromatic carbocycles. The summed E-state index contributed by atoms with van der Waals surface area (Å²) >= 11 is 0. The van der Waals surface area contributed by atoms with Crippen LogP contribution in [0.1, 0.15) is 34.4 Å². The molecule has 28 heavy (non-hydrogen) atoms. The summed E-state index contributed by atoms with van der Waals surface area (Å²) in [4.78, 5) is 21.1. The number of nitrogens with zero attached hydrogens (tertiary/aromatic N) is 4. The third-order valence-electron chi connectivity index (χ3n) is 4.04. The number of nitriles is 1. The van der Waals surface area contributed by atoms with Crippen LogP contribution in [0.15, 0.2) is 24.4 Å². The maximum Gasteiger partial charge on any atom is 0.271 e. The molecule has 0 bridgehead atoms. The number of fused-ring (bicyclic) bond motifs is 1. The van der Waals surface area contributed by atoms with Crippen LogP contribution in [0.4, 0.5) is 8.78 Å². The minimum absolute atomic E-state index is 0.0399. The molecule has 2 aromatic heterocycles. The van der Waals surface area contributed by atoms with Crippen LogP contribution in [0.3, 0.4) is 0 Å². The van der Waals surface area contributed by atoms with Crippen molar-refractivity contribution in [3.63, 3.8) is 0 Å². The second-order valence-electron chi connectivity index (χ2n) is 6.24. The Morgan fingerprint density at radius 2 is 2.00 bits per heavy atom. The number of aromatic nitrogens is 3. The lowest BCUT2D eigenvalue weighted by Crippen LogP contribution is -2.32. The fourth-order valence-corrected chi connectivity index (χ4v) is 2.73. The van der Waals surface area contributed by atoms with E-state index in [9.17, 15) is 13.6 Å². The molecule has 1 unspecified atom stereocenters. The van der Waals surface area contributed by atoms with Crippen LogP contribution in [0.5, 0.6) is 5.88 Å². The molecule has 3 rings (SSSR count). The number of halogens is 2. The van der Waals surface area contributed by atoms with Gasteiger partial charge in [-0.1, -0.05) is 6.07 Å². The number of hydrogen-bond donors (Lipinski definition) is 1. The van der Waals surface area contributed by atoms with Gasteiger partial charge in [-0.25, -0.2) is 18.7 Å². The number of carbonyl (C=O) groups is 1. The first-order valence-corrected chi connectivity index (χ1v) is 8.44. The number of hydrogen-bond acceptors (Lipinski definition) is 5. The smallest absolute Gasteiger partial charge is 0.271 e. The predicted molar refractivity (Wildman–Crippen MR) is 95.7 cm³/mol. The summed E-state index contributed by atoms with van der Waals surface area (Å²) in [6, 6.07) is 4.79. The first kappa shape index (κ1) is 19.2. The van der Waals surface area contributed by atoms with Gasteiger partial charge in [-0.05, 0) is 32.9 Å². The summed E-state index contributed by atoms with van der Waals surface area (Å²) < 4.78 is 34.7. The molecule has 0 aliphatic rings. The maximum atomic E-state index is 13.8. The van der Waals surface area contributed by atoms with E-state index in [1.807, 2.05) is 6.07 Å². The zero-order chi connectivity index (χ0) is 20.4. The molecule has 0 radical (unpaired) electrons. The lowest BCUT2D eigenvalue weighted by atomic mass is 10.2. The van der Waals surface area contributed by atoms with Crippen molar-refractivity contribution < 1.29 is 18.3 Å². The number of rotatable bonds is 5. The largest absolute Gasteiger partial charge is 0.470 e. The zero-order valence-corrected chi connectivity index (χ0v) is 15.5. The summed E-state index contributed by atoms with van der Waals surface area (Å²) in [5.41, 5.74) is 1.14. The molecule has 0 aliphatic heterocycles. The van der Waals surface area contributed by atoms with E-state index in [1.54, 1.807) is 27.0 Å². The average molecular weight is 385 g/mol. The van der Waals surface area contributed by atoms with Gasteiger partial charge in [0.05, 0.1) is 23.0 Å². The van der Waals surface area contributed by atoms with E-state index in [0.717, 1.165) is 12.1 Å². The second kappa shape index (κ2) is 7.60. The van der Waals surface area contributed by atoms with Gasteiger partial charge in [0.15, 0.2) is 0 Å². The molecule has 0 fully saturated rings. The monoisotopic (exact) mass is 385 g/mol. The van der Waals surface area contributed by atoms with Crippen LogP contribution in [0.2, 0.25) is 0 Å². The Kier molecular flexibility index (Phi) is 5.22. The van der Waals surface area contributed by atoms with Crippen LogP contribution in [0.25, 0.3) is 5.65 Å². The van der Waals surface area contributed by atoms with Crippen molar-refractivity contribution in [1.29, 1.82) is 5.26 Å². The summed E-state index contributed by atoms with van der Waals surface area (Å²) in [7, 11) is 0. The highest BCUT2D eigenvalue weighted by atomic mass is 19.1. The molecule has 0 aliphatic carbocycles. The highest BCUT2D eigenvalue weighted by Crippen LogP contribution is 2.23. The molecule has 1 amide bonds. The fourth-order valence-electron chi connectivity index (χ4n) is 2.73. The molecule has 144 valence electrons.